The molecule has 4 amide bonds. The fourth-order valence-electron chi connectivity index (χ4n) is 2.70. The zero-order valence-corrected chi connectivity index (χ0v) is 16.4. The van der Waals surface area contributed by atoms with Gasteiger partial charge in [-0.05, 0) is 42.8 Å². The fraction of sp³-hybridized carbons (Fsp3) is 0.167. The molecular weight excluding hydrogens is 436 g/mol. The van der Waals surface area contributed by atoms with Crippen molar-refractivity contribution in [3.8, 4) is 0 Å². The third kappa shape index (κ3) is 4.23. The van der Waals surface area contributed by atoms with Gasteiger partial charge in [-0.2, -0.15) is 0 Å². The summed E-state index contributed by atoms with van der Waals surface area (Å²) >= 11 is 9.30. The molecule has 0 atom stereocenters. The second-order valence-corrected chi connectivity index (χ2v) is 7.25. The highest BCUT2D eigenvalue weighted by atomic mass is 79.9. The van der Waals surface area contributed by atoms with Gasteiger partial charge in [0, 0.05) is 23.2 Å². The van der Waals surface area contributed by atoms with Gasteiger partial charge in [-0.15, -0.1) is 0 Å². The minimum atomic E-state index is -0.437. The molecule has 4 N–H and O–H groups in total. The zero-order valence-electron chi connectivity index (χ0n) is 14.1. The van der Waals surface area contributed by atoms with Crippen LogP contribution in [-0.2, 0) is 0 Å². The Morgan fingerprint density at radius 2 is 1.85 bits per heavy atom. The van der Waals surface area contributed by atoms with Crippen molar-refractivity contribution in [2.24, 2.45) is 0 Å². The van der Waals surface area contributed by atoms with Gasteiger partial charge in [0.2, 0.25) is 0 Å². The lowest BCUT2D eigenvalue weighted by Crippen LogP contribution is -2.35. The van der Waals surface area contributed by atoms with Crippen LogP contribution in [0.5, 0.6) is 0 Å². The van der Waals surface area contributed by atoms with E-state index in [1.54, 1.807) is 30.3 Å². The van der Waals surface area contributed by atoms with E-state index in [0.29, 0.717) is 33.9 Å². The lowest BCUT2D eigenvalue weighted by Gasteiger charge is -2.14. The molecule has 2 aromatic rings. The van der Waals surface area contributed by atoms with Crippen LogP contribution in [0.15, 0.2) is 40.9 Å². The number of carbonyl (C=O) groups excluding carboxylic acids is 3. The number of anilines is 2. The average molecular weight is 452 g/mol. The van der Waals surface area contributed by atoms with Gasteiger partial charge < -0.3 is 16.4 Å². The SMILES string of the molecule is Nc1ccc(NC(=O)NCCCN2C(=O)c3ccc(Br)cc3C2=O)c(Cl)c1. The standard InChI is InChI=1S/C18H16BrClN4O3/c19-10-2-4-12-13(8-10)17(26)24(16(12)25)7-1-6-22-18(27)23-15-5-3-11(21)9-14(15)20/h2-5,8-9H,1,6-7,21H2,(H2,22,23,27). The molecule has 0 aromatic heterocycles. The molecule has 0 bridgehead atoms. The van der Waals surface area contributed by atoms with Gasteiger partial charge in [-0.25, -0.2) is 4.79 Å². The maximum atomic E-state index is 12.4. The zero-order chi connectivity index (χ0) is 19.6. The molecule has 27 heavy (non-hydrogen) atoms. The fourth-order valence-corrected chi connectivity index (χ4v) is 3.30. The van der Waals surface area contributed by atoms with E-state index in [1.165, 1.54) is 11.0 Å². The first-order valence-electron chi connectivity index (χ1n) is 8.12. The van der Waals surface area contributed by atoms with E-state index >= 15 is 0 Å². The quantitative estimate of drug-likeness (QED) is 0.368. The van der Waals surface area contributed by atoms with E-state index in [1.807, 2.05) is 0 Å². The third-order valence-electron chi connectivity index (χ3n) is 4.02. The average Bonchev–Trinajstić information content (AvgIpc) is 2.85. The van der Waals surface area contributed by atoms with Gasteiger partial charge in [-0.1, -0.05) is 27.5 Å². The molecule has 2 aromatic carbocycles. The molecular formula is C18H16BrClN4O3. The first kappa shape index (κ1) is 19.2. The molecule has 7 nitrogen and oxygen atoms in total. The summed E-state index contributed by atoms with van der Waals surface area (Å²) in [6, 6.07) is 9.32. The van der Waals surface area contributed by atoms with Crippen LogP contribution in [-0.4, -0.2) is 35.8 Å². The van der Waals surface area contributed by atoms with Crippen LogP contribution >= 0.6 is 27.5 Å². The number of rotatable bonds is 5. The summed E-state index contributed by atoms with van der Waals surface area (Å²) in [4.78, 5) is 37.8. The lowest BCUT2D eigenvalue weighted by atomic mass is 10.1. The highest BCUT2D eigenvalue weighted by Gasteiger charge is 2.34. The Balaban J connectivity index is 1.48. The van der Waals surface area contributed by atoms with Gasteiger partial charge in [0.05, 0.1) is 21.8 Å². The minimum absolute atomic E-state index is 0.215. The van der Waals surface area contributed by atoms with Crippen molar-refractivity contribution in [3.05, 3.63) is 57.0 Å². The van der Waals surface area contributed by atoms with Crippen molar-refractivity contribution < 1.29 is 14.4 Å². The van der Waals surface area contributed by atoms with Crippen molar-refractivity contribution in [2.75, 3.05) is 24.1 Å². The monoisotopic (exact) mass is 450 g/mol. The van der Waals surface area contributed by atoms with Crippen LogP contribution in [0.25, 0.3) is 0 Å². The predicted molar refractivity (Wildman–Crippen MR) is 107 cm³/mol. The van der Waals surface area contributed by atoms with Crippen molar-refractivity contribution in [2.45, 2.75) is 6.42 Å². The van der Waals surface area contributed by atoms with Crippen molar-refractivity contribution in [1.82, 2.24) is 10.2 Å². The summed E-state index contributed by atoms with van der Waals surface area (Å²) in [5, 5.41) is 5.61. The van der Waals surface area contributed by atoms with Gasteiger partial charge >= 0.3 is 6.03 Å². The van der Waals surface area contributed by atoms with Crippen molar-refractivity contribution in [1.29, 1.82) is 0 Å². The first-order valence-corrected chi connectivity index (χ1v) is 9.29. The topological polar surface area (TPSA) is 105 Å². The molecule has 3 rings (SSSR count). The number of nitrogens with zero attached hydrogens (tertiary/aromatic N) is 1. The number of amides is 4. The number of urea groups is 1. The normalized spacial score (nSPS) is 12.9. The van der Waals surface area contributed by atoms with Crippen LogP contribution in [0.3, 0.4) is 0 Å². The molecule has 0 unspecified atom stereocenters. The van der Waals surface area contributed by atoms with E-state index in [2.05, 4.69) is 26.6 Å². The molecule has 0 fully saturated rings. The Kier molecular flexibility index (Phi) is 5.67. The van der Waals surface area contributed by atoms with E-state index in [0.717, 1.165) is 4.47 Å². The first-order chi connectivity index (χ1) is 12.9. The Bertz CT molecular complexity index is 935. The van der Waals surface area contributed by atoms with E-state index in [4.69, 9.17) is 17.3 Å². The molecule has 0 aliphatic carbocycles. The van der Waals surface area contributed by atoms with Crippen molar-refractivity contribution >= 4 is 56.8 Å². The maximum absolute atomic E-state index is 12.4. The van der Waals surface area contributed by atoms with Gasteiger partial charge in [0.1, 0.15) is 0 Å². The molecule has 0 radical (unpaired) electrons. The van der Waals surface area contributed by atoms with Crippen molar-refractivity contribution in [3.63, 3.8) is 0 Å². The highest BCUT2D eigenvalue weighted by molar-refractivity contribution is 9.10. The van der Waals surface area contributed by atoms with Crippen LogP contribution < -0.4 is 16.4 Å². The van der Waals surface area contributed by atoms with Gasteiger partial charge in [0.15, 0.2) is 0 Å². The summed E-state index contributed by atoms with van der Waals surface area (Å²) < 4.78 is 0.740. The molecule has 9 heteroatoms. The lowest BCUT2D eigenvalue weighted by molar-refractivity contribution is 0.0653. The molecule has 0 spiro atoms. The number of nitrogens with one attached hydrogen (secondary N) is 2. The molecule has 0 saturated heterocycles. The Morgan fingerprint density at radius 1 is 1.11 bits per heavy atom. The smallest absolute Gasteiger partial charge is 0.319 e. The maximum Gasteiger partial charge on any atom is 0.319 e. The second kappa shape index (κ2) is 7.98. The van der Waals surface area contributed by atoms with Crippen LogP contribution in [0.4, 0.5) is 16.2 Å². The number of halogens is 2. The Morgan fingerprint density at radius 3 is 2.59 bits per heavy atom. The summed E-state index contributed by atoms with van der Waals surface area (Å²) in [6.07, 6.45) is 0.426. The number of carbonyl (C=O) groups is 3. The molecule has 1 heterocycles. The van der Waals surface area contributed by atoms with E-state index in [9.17, 15) is 14.4 Å². The summed E-state index contributed by atoms with van der Waals surface area (Å²) in [7, 11) is 0. The highest BCUT2D eigenvalue weighted by Crippen LogP contribution is 2.26. The number of nitrogens with two attached hydrogens (primary N) is 1. The van der Waals surface area contributed by atoms with Gasteiger partial charge in [-0.3, -0.25) is 14.5 Å². The largest absolute Gasteiger partial charge is 0.399 e. The molecule has 1 aliphatic heterocycles. The number of fused-ring (bicyclic) bond motifs is 1. The second-order valence-electron chi connectivity index (χ2n) is 5.93. The summed E-state index contributed by atoms with van der Waals surface area (Å²) in [6.45, 7) is 0.502. The van der Waals surface area contributed by atoms with E-state index < -0.39 is 6.03 Å². The Labute approximate surface area is 169 Å². The summed E-state index contributed by atoms with van der Waals surface area (Å²) in [5.41, 5.74) is 7.32. The van der Waals surface area contributed by atoms with Crippen LogP contribution in [0.1, 0.15) is 27.1 Å². The number of hydrogen-bond donors (Lipinski definition) is 3. The predicted octanol–water partition coefficient (Wildman–Crippen LogP) is 3.49. The number of hydrogen-bond acceptors (Lipinski definition) is 4. The summed E-state index contributed by atoms with van der Waals surface area (Å²) in [5.74, 6) is -0.644. The molecule has 1 aliphatic rings. The number of benzene rings is 2. The third-order valence-corrected chi connectivity index (χ3v) is 4.82. The van der Waals surface area contributed by atoms with E-state index in [-0.39, 0.29) is 24.9 Å². The van der Waals surface area contributed by atoms with Crippen LogP contribution in [0.2, 0.25) is 5.02 Å². The van der Waals surface area contributed by atoms with Gasteiger partial charge in [0.25, 0.3) is 11.8 Å². The molecule has 0 saturated carbocycles. The molecule has 140 valence electrons. The van der Waals surface area contributed by atoms with Crippen LogP contribution in [0, 0.1) is 0 Å². The number of nitrogen functional groups attached to an aromatic ring is 1. The number of imide groups is 1. The Hall–Kier alpha value is -2.58. The minimum Gasteiger partial charge on any atom is -0.399 e.